The van der Waals surface area contributed by atoms with Crippen LogP contribution in [0.15, 0.2) is 30.3 Å². The Balaban J connectivity index is 1.16. The van der Waals surface area contributed by atoms with E-state index in [1.165, 1.54) is 15.9 Å². The highest BCUT2D eigenvalue weighted by atomic mass is 16.6. The Morgan fingerprint density at radius 3 is 2.58 bits per heavy atom. The van der Waals surface area contributed by atoms with Crippen LogP contribution in [0.25, 0.3) is 10.9 Å². The number of rotatable bonds is 10. The molecule has 2 N–H and O–H groups in total. The largest absolute Gasteiger partial charge is 0.483 e. The molecule has 1 aromatic heterocycles. The van der Waals surface area contributed by atoms with Crippen molar-refractivity contribution in [1.29, 1.82) is 0 Å². The first-order chi connectivity index (χ1) is 21.7. The van der Waals surface area contributed by atoms with E-state index in [1.807, 2.05) is 4.90 Å². The number of nitrogens with zero attached hydrogens (tertiary/aromatic N) is 4. The highest BCUT2D eigenvalue weighted by Gasteiger charge is 2.62. The van der Waals surface area contributed by atoms with Gasteiger partial charge in [0.15, 0.2) is 6.61 Å². The van der Waals surface area contributed by atoms with Crippen molar-refractivity contribution in [1.82, 2.24) is 25.0 Å². The lowest BCUT2D eigenvalue weighted by Crippen LogP contribution is -2.67. The number of benzene rings is 1. The van der Waals surface area contributed by atoms with E-state index in [-0.39, 0.29) is 81.7 Å². The van der Waals surface area contributed by atoms with Crippen molar-refractivity contribution in [3.63, 3.8) is 0 Å². The van der Waals surface area contributed by atoms with Crippen LogP contribution in [0.4, 0.5) is 4.79 Å². The number of pyridine rings is 1. The molecule has 6 heterocycles. The van der Waals surface area contributed by atoms with Gasteiger partial charge in [0.1, 0.15) is 23.2 Å². The van der Waals surface area contributed by atoms with Gasteiger partial charge in [0.2, 0.25) is 5.91 Å². The number of amides is 4. The van der Waals surface area contributed by atoms with E-state index in [1.54, 1.807) is 31.2 Å². The predicted molar refractivity (Wildman–Crippen MR) is 157 cm³/mol. The average Bonchev–Trinajstić information content (AvgIpc) is 3.17. The van der Waals surface area contributed by atoms with Crippen molar-refractivity contribution in [2.24, 2.45) is 0 Å². The van der Waals surface area contributed by atoms with Gasteiger partial charge in [-0.05, 0) is 44.7 Å². The minimum Gasteiger partial charge on any atom is -0.483 e. The van der Waals surface area contributed by atoms with Gasteiger partial charge in [-0.25, -0.2) is 9.78 Å². The van der Waals surface area contributed by atoms with Crippen molar-refractivity contribution in [3.05, 3.63) is 36.0 Å². The van der Waals surface area contributed by atoms with Crippen molar-refractivity contribution >= 4 is 40.7 Å². The van der Waals surface area contributed by atoms with Crippen LogP contribution in [0, 0.1) is 0 Å². The molecule has 1 unspecified atom stereocenters. The van der Waals surface area contributed by atoms with Gasteiger partial charge >= 0.3 is 12.1 Å². The van der Waals surface area contributed by atoms with Crippen LogP contribution in [0.3, 0.4) is 0 Å². The van der Waals surface area contributed by atoms with Crippen LogP contribution >= 0.6 is 0 Å². The number of hydrogen-bond donors (Lipinski definition) is 2. The minimum atomic E-state index is -1.14. The van der Waals surface area contributed by atoms with E-state index < -0.39 is 35.6 Å². The fourth-order valence-corrected chi connectivity index (χ4v) is 6.93. The lowest BCUT2D eigenvalue weighted by molar-refractivity contribution is -0.296. The lowest BCUT2D eigenvalue weighted by atomic mass is 9.90. The van der Waals surface area contributed by atoms with Gasteiger partial charge in [-0.2, -0.15) is 0 Å². The zero-order valence-electron chi connectivity index (χ0n) is 25.1. The van der Waals surface area contributed by atoms with Gasteiger partial charge in [0.05, 0.1) is 18.2 Å². The van der Waals surface area contributed by atoms with Crippen LogP contribution in [0.2, 0.25) is 0 Å². The van der Waals surface area contributed by atoms with Crippen molar-refractivity contribution in [3.8, 4) is 5.75 Å². The molecule has 45 heavy (non-hydrogen) atoms. The summed E-state index contributed by atoms with van der Waals surface area (Å²) < 4.78 is 17.1. The number of nitrogens with one attached hydrogen (secondary N) is 1. The first kappa shape index (κ1) is 30.6. The third kappa shape index (κ3) is 6.10. The van der Waals surface area contributed by atoms with Crippen molar-refractivity contribution < 1.29 is 43.3 Å². The van der Waals surface area contributed by atoms with Crippen LogP contribution in [0.1, 0.15) is 55.9 Å². The van der Waals surface area contributed by atoms with Crippen LogP contribution in [0.5, 0.6) is 5.75 Å². The number of ether oxygens (including phenoxy) is 3. The number of para-hydroxylation sites is 1. The molecule has 2 aromatic rings. The van der Waals surface area contributed by atoms with E-state index in [9.17, 15) is 29.1 Å². The second-order valence-corrected chi connectivity index (χ2v) is 11.9. The summed E-state index contributed by atoms with van der Waals surface area (Å²) in [6.45, 7) is 2.64. The number of piperazine rings is 1. The number of fused-ring (bicyclic) bond motifs is 1. The molecule has 14 heteroatoms. The molecule has 0 aliphatic carbocycles. The zero-order chi connectivity index (χ0) is 31.7. The highest BCUT2D eigenvalue weighted by Crippen LogP contribution is 2.54. The Bertz CT molecular complexity index is 1490. The first-order valence-electron chi connectivity index (χ1n) is 15.4. The van der Waals surface area contributed by atoms with Gasteiger partial charge < -0.3 is 39.3 Å². The quantitative estimate of drug-likeness (QED) is 0.398. The summed E-state index contributed by atoms with van der Waals surface area (Å²) in [6, 6.07) is 7.49. The second-order valence-electron chi connectivity index (χ2n) is 11.9. The fourth-order valence-electron chi connectivity index (χ4n) is 6.93. The SMILES string of the molecule is CCOC(=O)N1CCN(C(=O)C(CCC(=O)O)NC(=O)c2cc(OCC(=O)N3[C@H]4CC[C@@]35C[C@H](C4)O5)c3ccccc3n2)CC1. The summed E-state index contributed by atoms with van der Waals surface area (Å²) in [7, 11) is 0. The number of piperidine rings is 1. The maximum Gasteiger partial charge on any atom is 0.409 e. The molecule has 240 valence electrons. The number of carbonyl (C=O) groups is 5. The predicted octanol–water partition coefficient (Wildman–Crippen LogP) is 1.76. The fraction of sp³-hybridized carbons (Fsp3) is 0.548. The average molecular weight is 624 g/mol. The molecular formula is C31H37N5O9. The molecule has 4 atom stereocenters. The summed E-state index contributed by atoms with van der Waals surface area (Å²) in [5, 5.41) is 12.6. The molecule has 1 spiro atoms. The Labute approximate surface area is 259 Å². The number of hydrogen-bond acceptors (Lipinski definition) is 9. The van der Waals surface area contributed by atoms with Gasteiger partial charge in [0, 0.05) is 56.5 Å². The molecule has 5 aliphatic rings. The summed E-state index contributed by atoms with van der Waals surface area (Å²) in [5.41, 5.74) is -0.0985. The molecule has 5 fully saturated rings. The maximum atomic E-state index is 13.5. The van der Waals surface area contributed by atoms with E-state index in [0.29, 0.717) is 10.9 Å². The van der Waals surface area contributed by atoms with E-state index in [0.717, 1.165) is 25.7 Å². The molecule has 3 bridgehead atoms. The number of aromatic nitrogens is 1. The smallest absolute Gasteiger partial charge is 0.409 e. The monoisotopic (exact) mass is 623 g/mol. The standard InChI is InChI=1S/C31H37N5O9/c1-2-43-30(42)35-13-11-34(12-14-35)29(41)23(7-8-27(38)39)33-28(40)24-16-25(21-5-3-4-6-22(21)32-24)44-18-26(37)36-19-9-10-31(36)17-20(15-19)45-31/h3-6,16,19-20,23H,2,7-15,17-18H2,1H3,(H,33,40)(H,38,39)/t19-,20-,23?,31+/m0/s1. The third-order valence-corrected chi connectivity index (χ3v) is 9.04. The maximum absolute atomic E-state index is 13.5. The minimum absolute atomic E-state index is 0.0433. The van der Waals surface area contributed by atoms with E-state index >= 15 is 0 Å². The Kier molecular flexibility index (Phi) is 8.49. The number of carboxylic acids is 1. The van der Waals surface area contributed by atoms with Gasteiger partial charge in [-0.3, -0.25) is 19.2 Å². The first-order valence-corrected chi connectivity index (χ1v) is 15.4. The molecule has 4 amide bonds. The van der Waals surface area contributed by atoms with Gasteiger partial charge in [0.25, 0.3) is 11.8 Å². The highest BCUT2D eigenvalue weighted by molar-refractivity contribution is 5.99. The molecule has 5 aliphatic heterocycles. The molecule has 1 aromatic carbocycles. The second kappa shape index (κ2) is 12.5. The zero-order valence-corrected chi connectivity index (χ0v) is 25.1. The third-order valence-electron chi connectivity index (χ3n) is 9.04. The van der Waals surface area contributed by atoms with Crippen molar-refractivity contribution in [2.45, 2.75) is 69.4 Å². The van der Waals surface area contributed by atoms with Crippen LogP contribution < -0.4 is 10.1 Å². The van der Waals surface area contributed by atoms with Crippen LogP contribution in [-0.4, -0.2) is 118 Å². The number of aliphatic carboxylic acids is 1. The van der Waals surface area contributed by atoms with Crippen molar-refractivity contribution in [2.75, 3.05) is 39.4 Å². The molecule has 7 rings (SSSR count). The van der Waals surface area contributed by atoms with E-state index in [2.05, 4.69) is 10.3 Å². The van der Waals surface area contributed by atoms with Gasteiger partial charge in [-0.1, -0.05) is 12.1 Å². The summed E-state index contributed by atoms with van der Waals surface area (Å²) in [5.74, 6) is -2.13. The molecule has 14 nitrogen and oxygen atoms in total. The number of carboxylic acid groups (broad SMARTS) is 1. The Hall–Kier alpha value is -4.46. The molecule has 5 saturated heterocycles. The molecule has 0 saturated carbocycles. The number of carbonyl (C=O) groups excluding carboxylic acids is 4. The molecule has 0 radical (unpaired) electrons. The van der Waals surface area contributed by atoms with Gasteiger partial charge in [-0.15, -0.1) is 0 Å². The Morgan fingerprint density at radius 2 is 1.87 bits per heavy atom. The van der Waals surface area contributed by atoms with Crippen LogP contribution in [-0.2, 0) is 23.9 Å². The lowest BCUT2D eigenvalue weighted by Gasteiger charge is -2.56. The van der Waals surface area contributed by atoms with E-state index in [4.69, 9.17) is 14.2 Å². The topological polar surface area (TPSA) is 168 Å². The Morgan fingerprint density at radius 1 is 1.13 bits per heavy atom. The summed E-state index contributed by atoms with van der Waals surface area (Å²) in [4.78, 5) is 73.0. The summed E-state index contributed by atoms with van der Waals surface area (Å²) in [6.07, 6.45) is 2.71. The molecular weight excluding hydrogens is 586 g/mol. The summed E-state index contributed by atoms with van der Waals surface area (Å²) >= 11 is 0. The normalized spacial score (nSPS) is 24.1.